The lowest BCUT2D eigenvalue weighted by Gasteiger charge is -2.38. The summed E-state index contributed by atoms with van der Waals surface area (Å²) in [6, 6.07) is 14.0. The number of hydrogen-bond donors (Lipinski definition) is 3. The van der Waals surface area contributed by atoms with Crippen molar-refractivity contribution < 1.29 is 14.3 Å². The number of carbonyl (C=O) groups excluding carboxylic acids is 1. The van der Waals surface area contributed by atoms with Gasteiger partial charge in [0.2, 0.25) is 0 Å². The summed E-state index contributed by atoms with van der Waals surface area (Å²) in [6.07, 6.45) is 0.356. The van der Waals surface area contributed by atoms with Crippen LogP contribution in [-0.4, -0.2) is 48.3 Å². The molecule has 0 spiro atoms. The van der Waals surface area contributed by atoms with Crippen molar-refractivity contribution in [3.05, 3.63) is 71.0 Å². The quantitative estimate of drug-likeness (QED) is 0.776. The minimum atomic E-state index is -0.430. The zero-order chi connectivity index (χ0) is 18.8. The van der Waals surface area contributed by atoms with E-state index in [1.165, 1.54) is 17.7 Å². The summed E-state index contributed by atoms with van der Waals surface area (Å²) in [5.74, 6) is -0.267. The molecule has 142 valence electrons. The highest BCUT2D eigenvalue weighted by molar-refractivity contribution is 5.76. The van der Waals surface area contributed by atoms with Crippen LogP contribution in [0.1, 0.15) is 22.7 Å². The van der Waals surface area contributed by atoms with Crippen LogP contribution in [0.2, 0.25) is 0 Å². The van der Waals surface area contributed by atoms with Crippen molar-refractivity contribution in [3.63, 3.8) is 0 Å². The second kappa shape index (κ2) is 7.66. The molecule has 4 rings (SSSR count). The Hall–Kier alpha value is -2.44. The molecule has 27 heavy (non-hydrogen) atoms. The van der Waals surface area contributed by atoms with Crippen molar-refractivity contribution >= 4 is 6.03 Å². The number of benzene rings is 2. The molecule has 2 aliphatic rings. The molecule has 0 bridgehead atoms. The Morgan fingerprint density at radius 2 is 1.96 bits per heavy atom. The van der Waals surface area contributed by atoms with Gasteiger partial charge < -0.3 is 20.6 Å². The van der Waals surface area contributed by atoms with Gasteiger partial charge in [-0.15, -0.1) is 0 Å². The third kappa shape index (κ3) is 3.68. The number of nitrogens with one attached hydrogen (secondary N) is 2. The predicted octanol–water partition coefficient (Wildman–Crippen LogP) is 2.06. The van der Waals surface area contributed by atoms with Gasteiger partial charge >= 0.3 is 6.03 Å². The summed E-state index contributed by atoms with van der Waals surface area (Å²) in [7, 11) is 0. The standard InChI is InChI=1S/C21H24FN3O2/c22-17-7-5-15(6-8-17)20-18-4-2-1-3-14(18)9-10-25(20)21(27)24-12-16-11-23-13-19(16)26/h1-8,16,19-20,23,26H,9-13H2,(H,24,27)/t16?,19-,20-/m0/s1. The molecule has 0 radical (unpaired) electrons. The number of amides is 2. The maximum atomic E-state index is 13.4. The summed E-state index contributed by atoms with van der Waals surface area (Å²) in [6.45, 7) is 2.29. The Morgan fingerprint density at radius 1 is 1.19 bits per heavy atom. The fourth-order valence-electron chi connectivity index (χ4n) is 4.04. The number of hydrogen-bond acceptors (Lipinski definition) is 3. The summed E-state index contributed by atoms with van der Waals surface area (Å²) in [4.78, 5) is 14.8. The summed E-state index contributed by atoms with van der Waals surface area (Å²) in [5.41, 5.74) is 3.18. The van der Waals surface area contributed by atoms with Gasteiger partial charge in [0.1, 0.15) is 5.82 Å². The lowest BCUT2D eigenvalue weighted by Crippen LogP contribution is -2.48. The average Bonchev–Trinajstić information content (AvgIpc) is 3.11. The predicted molar refractivity (Wildman–Crippen MR) is 101 cm³/mol. The van der Waals surface area contributed by atoms with E-state index in [-0.39, 0.29) is 23.8 Å². The highest BCUT2D eigenvalue weighted by Crippen LogP contribution is 2.35. The molecule has 1 saturated heterocycles. The van der Waals surface area contributed by atoms with Crippen molar-refractivity contribution in [3.8, 4) is 0 Å². The number of rotatable bonds is 3. The molecule has 1 unspecified atom stereocenters. The van der Waals surface area contributed by atoms with Crippen molar-refractivity contribution in [2.75, 3.05) is 26.2 Å². The Kier molecular flexibility index (Phi) is 5.09. The van der Waals surface area contributed by atoms with Crippen LogP contribution >= 0.6 is 0 Å². The third-order valence-corrected chi connectivity index (χ3v) is 5.55. The molecular formula is C21H24FN3O2. The Morgan fingerprint density at radius 3 is 2.70 bits per heavy atom. The summed E-state index contributed by atoms with van der Waals surface area (Å²) < 4.78 is 13.4. The minimum Gasteiger partial charge on any atom is -0.391 e. The molecule has 2 amide bonds. The highest BCUT2D eigenvalue weighted by Gasteiger charge is 2.33. The first-order valence-electron chi connectivity index (χ1n) is 9.40. The molecule has 0 aromatic heterocycles. The van der Waals surface area contributed by atoms with Crippen LogP contribution in [0, 0.1) is 11.7 Å². The van der Waals surface area contributed by atoms with Gasteiger partial charge in [-0.05, 0) is 35.2 Å². The Balaban J connectivity index is 1.58. The third-order valence-electron chi connectivity index (χ3n) is 5.55. The average molecular weight is 369 g/mol. The van der Waals surface area contributed by atoms with E-state index in [0.717, 1.165) is 17.5 Å². The van der Waals surface area contributed by atoms with Crippen molar-refractivity contribution in [1.29, 1.82) is 0 Å². The van der Waals surface area contributed by atoms with E-state index in [1.54, 1.807) is 12.1 Å². The van der Waals surface area contributed by atoms with Gasteiger partial charge in [-0.25, -0.2) is 9.18 Å². The first-order chi connectivity index (χ1) is 13.1. The van der Waals surface area contributed by atoms with Crippen LogP contribution in [0.15, 0.2) is 48.5 Å². The first-order valence-corrected chi connectivity index (χ1v) is 9.40. The molecule has 0 saturated carbocycles. The molecule has 5 nitrogen and oxygen atoms in total. The molecule has 2 aromatic rings. The number of fused-ring (bicyclic) bond motifs is 1. The van der Waals surface area contributed by atoms with Crippen molar-refractivity contribution in [2.45, 2.75) is 18.6 Å². The second-order valence-electron chi connectivity index (χ2n) is 7.27. The summed E-state index contributed by atoms with van der Waals surface area (Å²) in [5, 5.41) is 16.0. The number of halogens is 1. The maximum absolute atomic E-state index is 13.4. The number of carbonyl (C=O) groups is 1. The zero-order valence-electron chi connectivity index (χ0n) is 15.1. The smallest absolute Gasteiger partial charge is 0.318 e. The van der Waals surface area contributed by atoms with Gasteiger partial charge in [0, 0.05) is 32.1 Å². The number of aliphatic hydroxyl groups is 1. The van der Waals surface area contributed by atoms with Gasteiger partial charge in [-0.3, -0.25) is 0 Å². The topological polar surface area (TPSA) is 64.6 Å². The fourth-order valence-corrected chi connectivity index (χ4v) is 4.04. The molecule has 6 heteroatoms. The number of β-amino-alcohol motifs (C(OH)–C–C–N with tert-alkyl or cyclic N) is 1. The van der Waals surface area contributed by atoms with E-state index < -0.39 is 6.10 Å². The van der Waals surface area contributed by atoms with Crippen LogP contribution < -0.4 is 10.6 Å². The lowest BCUT2D eigenvalue weighted by atomic mass is 9.88. The normalized spacial score (nSPS) is 24.5. The summed E-state index contributed by atoms with van der Waals surface area (Å²) >= 11 is 0. The second-order valence-corrected chi connectivity index (χ2v) is 7.27. The fraction of sp³-hybridized carbons (Fsp3) is 0.381. The number of nitrogens with zero attached hydrogens (tertiary/aromatic N) is 1. The first kappa shape index (κ1) is 17.9. The van der Waals surface area contributed by atoms with E-state index in [9.17, 15) is 14.3 Å². The molecule has 2 heterocycles. The van der Waals surface area contributed by atoms with E-state index >= 15 is 0 Å². The maximum Gasteiger partial charge on any atom is 0.318 e. The van der Waals surface area contributed by atoms with Crippen molar-refractivity contribution in [2.24, 2.45) is 5.92 Å². The molecule has 3 atom stereocenters. The largest absolute Gasteiger partial charge is 0.391 e. The number of urea groups is 1. The van der Waals surface area contributed by atoms with Crippen LogP contribution in [0.5, 0.6) is 0 Å². The highest BCUT2D eigenvalue weighted by atomic mass is 19.1. The van der Waals surface area contributed by atoms with E-state index in [1.807, 2.05) is 23.1 Å². The molecule has 2 aromatic carbocycles. The molecule has 2 aliphatic heterocycles. The van der Waals surface area contributed by atoms with Gasteiger partial charge in [-0.1, -0.05) is 36.4 Å². The van der Waals surface area contributed by atoms with Crippen LogP contribution in [0.4, 0.5) is 9.18 Å². The van der Waals surface area contributed by atoms with E-state index in [2.05, 4.69) is 16.7 Å². The van der Waals surface area contributed by atoms with Gasteiger partial charge in [0.15, 0.2) is 0 Å². The van der Waals surface area contributed by atoms with Crippen LogP contribution in [0.3, 0.4) is 0 Å². The monoisotopic (exact) mass is 369 g/mol. The molecular weight excluding hydrogens is 345 g/mol. The Bertz CT molecular complexity index is 811. The zero-order valence-corrected chi connectivity index (χ0v) is 15.1. The van der Waals surface area contributed by atoms with Gasteiger partial charge in [-0.2, -0.15) is 0 Å². The number of aliphatic hydroxyl groups excluding tert-OH is 1. The van der Waals surface area contributed by atoms with E-state index in [0.29, 0.717) is 26.2 Å². The van der Waals surface area contributed by atoms with Crippen LogP contribution in [0.25, 0.3) is 0 Å². The van der Waals surface area contributed by atoms with Gasteiger partial charge in [0.05, 0.1) is 12.1 Å². The lowest BCUT2D eigenvalue weighted by molar-refractivity contribution is 0.141. The molecule has 1 fully saturated rings. The van der Waals surface area contributed by atoms with E-state index in [4.69, 9.17) is 0 Å². The van der Waals surface area contributed by atoms with Crippen LogP contribution in [-0.2, 0) is 6.42 Å². The minimum absolute atomic E-state index is 0.0234. The van der Waals surface area contributed by atoms with Crippen molar-refractivity contribution in [1.82, 2.24) is 15.5 Å². The van der Waals surface area contributed by atoms with Gasteiger partial charge in [0.25, 0.3) is 0 Å². The molecule has 3 N–H and O–H groups in total. The Labute approximate surface area is 158 Å². The SMILES string of the molecule is O=C(NCC1CNC[C@@H]1O)N1CCc2ccccc2[C@@H]1c1ccc(F)cc1. The molecule has 0 aliphatic carbocycles.